The molecule has 11 heteroatoms. The zero-order valence-electron chi connectivity index (χ0n) is 25.3. The average Bonchev–Trinajstić information content (AvgIpc) is 3.11. The van der Waals surface area contributed by atoms with Crippen LogP contribution in [-0.4, -0.2) is 36.4 Å². The molecule has 11 nitrogen and oxygen atoms in total. The summed E-state index contributed by atoms with van der Waals surface area (Å²) in [5, 5.41) is 10.8. The minimum atomic E-state index is -1.19. The van der Waals surface area contributed by atoms with Crippen LogP contribution in [0.2, 0.25) is 0 Å². The zero-order valence-corrected chi connectivity index (χ0v) is 25.3. The van der Waals surface area contributed by atoms with Crippen molar-refractivity contribution in [1.29, 1.82) is 0 Å². The first-order valence-corrected chi connectivity index (χ1v) is 14.9. The number of rotatable bonds is 12. The van der Waals surface area contributed by atoms with Crippen LogP contribution in [0, 0.1) is 0 Å². The summed E-state index contributed by atoms with van der Waals surface area (Å²) >= 11 is 0. The van der Waals surface area contributed by atoms with Gasteiger partial charge in [0.1, 0.15) is 66.0 Å². The van der Waals surface area contributed by atoms with Crippen LogP contribution in [0.4, 0.5) is 0 Å². The Balaban J connectivity index is 1.08. The van der Waals surface area contributed by atoms with Crippen molar-refractivity contribution in [3.8, 4) is 11.5 Å². The quantitative estimate of drug-likeness (QED) is 0.169. The Morgan fingerprint density at radius 1 is 0.583 bits per heavy atom. The standard InChI is InChI=1S/C37H28O11/c38-25(21-43-28-13-7-15-30-34(28)26(39)17-32(47-30)36(41)45-19-23-9-3-1-4-10-23)22-44-29-14-8-16-31-35(29)27(40)18-33(48-31)37(42)46-20-24-11-5-2-6-12-24/h1-18,25,38H,19-22H2. The Bertz CT molecular complexity index is 2030. The number of benzene rings is 4. The van der Waals surface area contributed by atoms with E-state index in [2.05, 4.69) is 0 Å². The normalized spacial score (nSPS) is 11.0. The molecule has 0 aliphatic carbocycles. The van der Waals surface area contributed by atoms with Gasteiger partial charge in [0.15, 0.2) is 10.9 Å². The van der Waals surface area contributed by atoms with E-state index in [9.17, 15) is 24.3 Å². The van der Waals surface area contributed by atoms with Crippen molar-refractivity contribution < 1.29 is 42.5 Å². The van der Waals surface area contributed by atoms with Crippen molar-refractivity contribution in [1.82, 2.24) is 0 Å². The van der Waals surface area contributed by atoms with Crippen LogP contribution < -0.4 is 20.3 Å². The molecule has 0 radical (unpaired) electrons. The summed E-state index contributed by atoms with van der Waals surface area (Å²) < 4.78 is 33.3. The first kappa shape index (κ1) is 31.8. The lowest BCUT2D eigenvalue weighted by molar-refractivity contribution is 0.0429. The highest BCUT2D eigenvalue weighted by Gasteiger charge is 2.19. The number of esters is 2. The summed E-state index contributed by atoms with van der Waals surface area (Å²) in [7, 11) is 0. The van der Waals surface area contributed by atoms with Gasteiger partial charge in [0.2, 0.25) is 11.5 Å². The molecule has 0 fully saturated rings. The Morgan fingerprint density at radius 2 is 1.00 bits per heavy atom. The third-order valence-electron chi connectivity index (χ3n) is 7.12. The summed E-state index contributed by atoms with van der Waals surface area (Å²) in [4.78, 5) is 51.0. The Hall–Kier alpha value is -6.20. The highest BCUT2D eigenvalue weighted by Crippen LogP contribution is 2.26. The number of hydrogen-bond acceptors (Lipinski definition) is 11. The molecule has 0 aliphatic rings. The second-order valence-corrected chi connectivity index (χ2v) is 10.6. The Morgan fingerprint density at radius 3 is 1.42 bits per heavy atom. The van der Waals surface area contributed by atoms with Crippen molar-refractivity contribution in [3.05, 3.63) is 152 Å². The Kier molecular flexibility index (Phi) is 9.59. The molecule has 6 aromatic rings. The molecular formula is C37H28O11. The molecular weight excluding hydrogens is 620 g/mol. The summed E-state index contributed by atoms with van der Waals surface area (Å²) in [5.41, 5.74) is 0.695. The summed E-state index contributed by atoms with van der Waals surface area (Å²) in [5.74, 6) is -1.85. The van der Waals surface area contributed by atoms with E-state index in [1.807, 2.05) is 36.4 Å². The fourth-order valence-corrected chi connectivity index (χ4v) is 4.81. The summed E-state index contributed by atoms with van der Waals surface area (Å²) in [6.45, 7) is -0.537. The molecule has 2 heterocycles. The first-order valence-electron chi connectivity index (χ1n) is 14.9. The van der Waals surface area contributed by atoms with Gasteiger partial charge in [0, 0.05) is 12.1 Å². The fourth-order valence-electron chi connectivity index (χ4n) is 4.81. The lowest BCUT2D eigenvalue weighted by Gasteiger charge is -2.15. The van der Waals surface area contributed by atoms with E-state index in [0.29, 0.717) is 0 Å². The predicted molar refractivity (Wildman–Crippen MR) is 173 cm³/mol. The van der Waals surface area contributed by atoms with Gasteiger partial charge in [-0.25, -0.2) is 9.59 Å². The number of hydrogen-bond donors (Lipinski definition) is 1. The van der Waals surface area contributed by atoms with Gasteiger partial charge in [0.05, 0.1) is 0 Å². The van der Waals surface area contributed by atoms with Gasteiger partial charge in [-0.2, -0.15) is 0 Å². The SMILES string of the molecule is O=C(OCc1ccccc1)c1cc(=O)c2c(OCC(O)COc3cccc4oc(C(=O)OCc5ccccc5)cc(=O)c34)cccc2o1. The van der Waals surface area contributed by atoms with Crippen molar-refractivity contribution in [2.24, 2.45) is 0 Å². The molecule has 0 aliphatic heterocycles. The third-order valence-corrected chi connectivity index (χ3v) is 7.12. The van der Waals surface area contributed by atoms with Crippen LogP contribution in [0.5, 0.6) is 11.5 Å². The van der Waals surface area contributed by atoms with Gasteiger partial charge in [-0.1, -0.05) is 72.8 Å². The average molecular weight is 649 g/mol. The number of carbonyl (C=O) groups excluding carboxylic acids is 2. The van der Waals surface area contributed by atoms with Crippen molar-refractivity contribution in [3.63, 3.8) is 0 Å². The Labute approximate surface area is 272 Å². The van der Waals surface area contributed by atoms with Gasteiger partial charge < -0.3 is 32.9 Å². The second-order valence-electron chi connectivity index (χ2n) is 10.6. The molecule has 48 heavy (non-hydrogen) atoms. The number of aliphatic hydroxyl groups excluding tert-OH is 1. The molecule has 0 bridgehead atoms. The van der Waals surface area contributed by atoms with E-state index >= 15 is 0 Å². The van der Waals surface area contributed by atoms with Gasteiger partial charge in [-0.3, -0.25) is 9.59 Å². The van der Waals surface area contributed by atoms with E-state index in [1.54, 1.807) is 36.4 Å². The largest absolute Gasteiger partial charge is 0.490 e. The molecule has 242 valence electrons. The van der Waals surface area contributed by atoms with Gasteiger partial charge >= 0.3 is 11.9 Å². The molecule has 6 rings (SSSR count). The zero-order chi connectivity index (χ0) is 33.5. The third kappa shape index (κ3) is 7.43. The maximum Gasteiger partial charge on any atom is 0.374 e. The lowest BCUT2D eigenvalue weighted by atomic mass is 10.2. The highest BCUT2D eigenvalue weighted by molar-refractivity contribution is 5.91. The second kappa shape index (κ2) is 14.5. The summed E-state index contributed by atoms with van der Waals surface area (Å²) in [6, 6.07) is 29.4. The first-order chi connectivity index (χ1) is 23.4. The minimum absolute atomic E-state index is 0.0130. The van der Waals surface area contributed by atoms with Crippen molar-refractivity contribution in [2.75, 3.05) is 13.2 Å². The van der Waals surface area contributed by atoms with Gasteiger partial charge in [0.25, 0.3) is 0 Å². The topological polar surface area (TPSA) is 152 Å². The van der Waals surface area contributed by atoms with Crippen LogP contribution in [-0.2, 0) is 22.7 Å². The van der Waals surface area contributed by atoms with Crippen LogP contribution >= 0.6 is 0 Å². The van der Waals surface area contributed by atoms with Crippen molar-refractivity contribution >= 4 is 33.9 Å². The number of aliphatic hydroxyl groups is 1. The van der Waals surface area contributed by atoms with E-state index < -0.39 is 28.9 Å². The molecule has 4 aromatic carbocycles. The molecule has 0 atom stereocenters. The van der Waals surface area contributed by atoms with Crippen LogP contribution in [0.15, 0.2) is 128 Å². The molecule has 0 unspecified atom stereocenters. The van der Waals surface area contributed by atoms with Crippen LogP contribution in [0.1, 0.15) is 32.2 Å². The number of carbonyl (C=O) groups is 2. The molecule has 0 saturated carbocycles. The molecule has 2 aromatic heterocycles. The minimum Gasteiger partial charge on any atom is -0.490 e. The maximum absolute atomic E-state index is 13.0. The molecule has 1 N–H and O–H groups in total. The monoisotopic (exact) mass is 648 g/mol. The number of ether oxygens (including phenoxy) is 4. The highest BCUT2D eigenvalue weighted by atomic mass is 16.6. The predicted octanol–water partition coefficient (Wildman–Crippen LogP) is 5.43. The van der Waals surface area contributed by atoms with E-state index in [0.717, 1.165) is 23.3 Å². The van der Waals surface area contributed by atoms with E-state index in [-0.39, 0.29) is 71.4 Å². The van der Waals surface area contributed by atoms with Gasteiger partial charge in [-0.15, -0.1) is 0 Å². The molecule has 0 spiro atoms. The maximum atomic E-state index is 13.0. The van der Waals surface area contributed by atoms with E-state index in [4.69, 9.17) is 27.8 Å². The molecule has 0 saturated heterocycles. The van der Waals surface area contributed by atoms with Crippen LogP contribution in [0.25, 0.3) is 21.9 Å². The molecule has 0 amide bonds. The number of fused-ring (bicyclic) bond motifs is 2. The summed E-state index contributed by atoms with van der Waals surface area (Å²) in [6.07, 6.45) is -1.19. The van der Waals surface area contributed by atoms with Crippen molar-refractivity contribution in [2.45, 2.75) is 19.3 Å². The smallest absolute Gasteiger partial charge is 0.374 e. The van der Waals surface area contributed by atoms with E-state index in [1.165, 1.54) is 24.3 Å². The van der Waals surface area contributed by atoms with Crippen LogP contribution in [0.3, 0.4) is 0 Å². The lowest BCUT2D eigenvalue weighted by Crippen LogP contribution is -2.25. The fraction of sp³-hybridized carbons (Fsp3) is 0.135. The van der Waals surface area contributed by atoms with Gasteiger partial charge in [-0.05, 0) is 35.4 Å².